The normalized spacial score (nSPS) is 14.5. The van der Waals surface area contributed by atoms with E-state index in [1.54, 1.807) is 12.1 Å². The molecule has 0 amide bonds. The van der Waals surface area contributed by atoms with Gasteiger partial charge in [0.2, 0.25) is 10.0 Å². The van der Waals surface area contributed by atoms with Gasteiger partial charge in [-0.2, -0.15) is 0 Å². The average Bonchev–Trinajstić information content (AvgIpc) is 2.67. The molecule has 0 atom stereocenters. The van der Waals surface area contributed by atoms with E-state index in [0.29, 0.717) is 12.4 Å². The molecule has 1 heterocycles. The molecule has 7 heteroatoms. The summed E-state index contributed by atoms with van der Waals surface area (Å²) in [5.41, 5.74) is 12.4. The number of benzene rings is 1. The number of hydrogen-bond acceptors (Lipinski definition) is 5. The minimum atomic E-state index is -3.20. The largest absolute Gasteiger partial charge is 0.508 e. The Hall–Kier alpha value is -2.64. The van der Waals surface area contributed by atoms with Gasteiger partial charge in [0.1, 0.15) is 11.6 Å². The molecule has 0 saturated heterocycles. The van der Waals surface area contributed by atoms with Crippen molar-refractivity contribution in [2.45, 2.75) is 26.2 Å². The summed E-state index contributed by atoms with van der Waals surface area (Å²) in [5, 5.41) is 9.57. The molecule has 0 radical (unpaired) electrons. The summed E-state index contributed by atoms with van der Waals surface area (Å²) in [6.07, 6.45) is 9.39. The molecule has 148 valence electrons. The average molecular weight is 400 g/mol. The minimum Gasteiger partial charge on any atom is -0.508 e. The van der Waals surface area contributed by atoms with Crippen molar-refractivity contribution in [3.8, 4) is 16.9 Å². The number of nitrogens with one attached hydrogen (secondary N) is 1. The van der Waals surface area contributed by atoms with Crippen LogP contribution in [0, 0.1) is 0 Å². The molecule has 6 nitrogen and oxygen atoms in total. The van der Waals surface area contributed by atoms with Crippen molar-refractivity contribution in [3.05, 3.63) is 59.3 Å². The standard InChI is InChI=1S/C21H25N3O3S/c1-3-18-19(15-6-4-14(5-7-15)12-24-28(2,26)27)13-23-21(22)20(18)16-8-10-17(25)11-9-16/h4,6,8-11,13,24-25H,3,5,7,12H2,1-2H3,(H2,22,23). The van der Waals surface area contributed by atoms with Gasteiger partial charge in [-0.1, -0.05) is 36.8 Å². The summed E-state index contributed by atoms with van der Waals surface area (Å²) < 4.78 is 25.1. The summed E-state index contributed by atoms with van der Waals surface area (Å²) in [6.45, 7) is 2.42. The monoisotopic (exact) mass is 399 g/mol. The van der Waals surface area contributed by atoms with Gasteiger partial charge in [-0.05, 0) is 53.7 Å². The Morgan fingerprint density at radius 2 is 1.89 bits per heavy atom. The van der Waals surface area contributed by atoms with Gasteiger partial charge in [-0.15, -0.1) is 0 Å². The SMILES string of the molecule is CCc1c(C2=CC=C(CNS(C)(=O)=O)CC2)cnc(N)c1-c1ccc(O)cc1. The van der Waals surface area contributed by atoms with Gasteiger partial charge in [-0.3, -0.25) is 0 Å². The van der Waals surface area contributed by atoms with Crippen molar-refractivity contribution in [2.24, 2.45) is 0 Å². The smallest absolute Gasteiger partial charge is 0.208 e. The minimum absolute atomic E-state index is 0.208. The summed E-state index contributed by atoms with van der Waals surface area (Å²) >= 11 is 0. The van der Waals surface area contributed by atoms with E-state index in [0.717, 1.165) is 58.9 Å². The number of sulfonamides is 1. The first-order chi connectivity index (χ1) is 13.3. The van der Waals surface area contributed by atoms with Gasteiger partial charge < -0.3 is 10.8 Å². The maximum absolute atomic E-state index is 11.3. The van der Waals surface area contributed by atoms with Crippen LogP contribution in [0.5, 0.6) is 5.75 Å². The Bertz CT molecular complexity index is 1040. The predicted octanol–water partition coefficient (Wildman–Crippen LogP) is 3.25. The summed E-state index contributed by atoms with van der Waals surface area (Å²) in [6, 6.07) is 6.97. The van der Waals surface area contributed by atoms with Crippen LogP contribution in [0.1, 0.15) is 30.9 Å². The van der Waals surface area contributed by atoms with E-state index in [1.807, 2.05) is 30.5 Å². The summed E-state index contributed by atoms with van der Waals surface area (Å²) in [7, 11) is -3.20. The van der Waals surface area contributed by atoms with Crippen molar-refractivity contribution >= 4 is 21.4 Å². The second kappa shape index (κ2) is 8.16. The highest BCUT2D eigenvalue weighted by Gasteiger charge is 2.18. The Morgan fingerprint density at radius 3 is 2.46 bits per heavy atom. The molecule has 4 N–H and O–H groups in total. The number of nitrogen functional groups attached to an aromatic ring is 1. The van der Waals surface area contributed by atoms with E-state index in [1.165, 1.54) is 0 Å². The Kier molecular flexibility index (Phi) is 5.86. The van der Waals surface area contributed by atoms with Crippen molar-refractivity contribution < 1.29 is 13.5 Å². The third-order valence-corrected chi connectivity index (χ3v) is 5.54. The predicted molar refractivity (Wildman–Crippen MR) is 113 cm³/mol. The second-order valence-corrected chi connectivity index (χ2v) is 8.75. The molecule has 1 aromatic heterocycles. The molecule has 1 aliphatic rings. The molecule has 0 unspecified atom stereocenters. The van der Waals surface area contributed by atoms with Gasteiger partial charge >= 0.3 is 0 Å². The molecule has 0 saturated carbocycles. The number of hydrogen-bond donors (Lipinski definition) is 3. The molecule has 1 aromatic carbocycles. The number of allylic oxidation sites excluding steroid dienone is 3. The first kappa shape index (κ1) is 20.1. The lowest BCUT2D eigenvalue weighted by atomic mass is 9.87. The first-order valence-electron chi connectivity index (χ1n) is 9.19. The zero-order valence-electron chi connectivity index (χ0n) is 16.1. The number of phenolic OH excluding ortho intramolecular Hbond substituents is 1. The molecule has 2 aromatic rings. The van der Waals surface area contributed by atoms with E-state index in [4.69, 9.17) is 5.73 Å². The van der Waals surface area contributed by atoms with Crippen LogP contribution < -0.4 is 10.5 Å². The van der Waals surface area contributed by atoms with Gasteiger partial charge in [0.25, 0.3) is 0 Å². The summed E-state index contributed by atoms with van der Waals surface area (Å²) in [5.74, 6) is 0.677. The van der Waals surface area contributed by atoms with Gasteiger partial charge in [0.15, 0.2) is 0 Å². The summed E-state index contributed by atoms with van der Waals surface area (Å²) in [4.78, 5) is 4.41. The third-order valence-electron chi connectivity index (χ3n) is 4.87. The van der Waals surface area contributed by atoms with E-state index < -0.39 is 10.0 Å². The fraction of sp³-hybridized carbons (Fsp3) is 0.286. The molecule has 0 spiro atoms. The van der Waals surface area contributed by atoms with Crippen molar-refractivity contribution in [2.75, 3.05) is 18.5 Å². The lowest BCUT2D eigenvalue weighted by Gasteiger charge is -2.20. The van der Waals surface area contributed by atoms with Crippen LogP contribution in [-0.2, 0) is 16.4 Å². The Morgan fingerprint density at radius 1 is 1.18 bits per heavy atom. The van der Waals surface area contributed by atoms with Crippen LogP contribution in [0.4, 0.5) is 5.82 Å². The maximum Gasteiger partial charge on any atom is 0.208 e. The zero-order chi connectivity index (χ0) is 20.3. The van der Waals surface area contributed by atoms with E-state index in [9.17, 15) is 13.5 Å². The molecular formula is C21H25N3O3S. The molecule has 28 heavy (non-hydrogen) atoms. The van der Waals surface area contributed by atoms with E-state index >= 15 is 0 Å². The zero-order valence-corrected chi connectivity index (χ0v) is 16.9. The number of nitrogens with zero attached hydrogens (tertiary/aromatic N) is 1. The molecule has 0 fully saturated rings. The van der Waals surface area contributed by atoms with Crippen molar-refractivity contribution in [1.82, 2.24) is 9.71 Å². The molecule has 3 rings (SSSR count). The van der Waals surface area contributed by atoms with Crippen molar-refractivity contribution in [1.29, 1.82) is 0 Å². The van der Waals surface area contributed by atoms with Crippen LogP contribution in [0.15, 0.2) is 48.2 Å². The molecule has 1 aliphatic carbocycles. The van der Waals surface area contributed by atoms with E-state index in [-0.39, 0.29) is 5.75 Å². The molecule has 0 aliphatic heterocycles. The number of nitrogens with two attached hydrogens (primary N) is 1. The fourth-order valence-electron chi connectivity index (χ4n) is 3.44. The topological polar surface area (TPSA) is 105 Å². The highest BCUT2D eigenvalue weighted by molar-refractivity contribution is 7.88. The second-order valence-electron chi connectivity index (χ2n) is 6.92. The highest BCUT2D eigenvalue weighted by atomic mass is 32.2. The van der Waals surface area contributed by atoms with Crippen LogP contribution in [0.3, 0.4) is 0 Å². The lowest BCUT2D eigenvalue weighted by Crippen LogP contribution is -2.24. The van der Waals surface area contributed by atoms with Gasteiger partial charge in [0, 0.05) is 18.3 Å². The van der Waals surface area contributed by atoms with Gasteiger partial charge in [-0.25, -0.2) is 18.1 Å². The Balaban J connectivity index is 1.97. The van der Waals surface area contributed by atoms with Crippen LogP contribution in [0.2, 0.25) is 0 Å². The quantitative estimate of drug-likeness (QED) is 0.691. The number of anilines is 1. The number of rotatable bonds is 6. The highest BCUT2D eigenvalue weighted by Crippen LogP contribution is 2.37. The maximum atomic E-state index is 11.3. The number of aromatic hydroxyl groups is 1. The van der Waals surface area contributed by atoms with Gasteiger partial charge in [0.05, 0.1) is 6.26 Å². The third kappa shape index (κ3) is 4.61. The van der Waals surface area contributed by atoms with Crippen LogP contribution >= 0.6 is 0 Å². The number of phenols is 1. The fourth-order valence-corrected chi connectivity index (χ4v) is 3.88. The molecular weight excluding hydrogens is 374 g/mol. The molecule has 0 bridgehead atoms. The van der Waals surface area contributed by atoms with E-state index in [2.05, 4.69) is 16.6 Å². The first-order valence-corrected chi connectivity index (χ1v) is 11.1. The van der Waals surface area contributed by atoms with Crippen LogP contribution in [-0.4, -0.2) is 31.3 Å². The Labute approximate surface area is 165 Å². The lowest BCUT2D eigenvalue weighted by molar-refractivity contribution is 0.475. The van der Waals surface area contributed by atoms with Crippen molar-refractivity contribution in [3.63, 3.8) is 0 Å². The van der Waals surface area contributed by atoms with Crippen LogP contribution in [0.25, 0.3) is 16.7 Å². The number of aromatic nitrogens is 1. The number of pyridine rings is 1.